The van der Waals surface area contributed by atoms with Gasteiger partial charge in [-0.15, -0.1) is 0 Å². The third kappa shape index (κ3) is 1.74. The van der Waals surface area contributed by atoms with E-state index in [1.54, 1.807) is 0 Å². The summed E-state index contributed by atoms with van der Waals surface area (Å²) in [6.07, 6.45) is 0. The summed E-state index contributed by atoms with van der Waals surface area (Å²) in [5.41, 5.74) is 0. The lowest BCUT2D eigenvalue weighted by Crippen LogP contribution is -2.38. The van der Waals surface area contributed by atoms with Gasteiger partial charge in [0.25, 0.3) is 0 Å². The number of carbonyl (C=O) groups excluding carboxylic acids is 2. The zero-order chi connectivity index (χ0) is 8.15. The van der Waals surface area contributed by atoms with Crippen LogP contribution in [0.25, 0.3) is 0 Å². The molecular formula is C5H7N3O2. The number of nitriles is 1. The van der Waals surface area contributed by atoms with Gasteiger partial charge < -0.3 is 5.32 Å². The van der Waals surface area contributed by atoms with Gasteiger partial charge in [0.05, 0.1) is 0 Å². The second-order valence-electron chi connectivity index (χ2n) is 1.53. The number of nitrogens with zero attached hydrogens (tertiary/aromatic N) is 2. The molecule has 0 aromatic rings. The lowest BCUT2D eigenvalue weighted by Gasteiger charge is -2.08. The molecule has 0 aliphatic heterocycles. The van der Waals surface area contributed by atoms with E-state index in [1.165, 1.54) is 20.2 Å². The fourth-order valence-electron chi connectivity index (χ4n) is 0.335. The van der Waals surface area contributed by atoms with Crippen LogP contribution in [-0.2, 0) is 4.79 Å². The van der Waals surface area contributed by atoms with Crippen molar-refractivity contribution in [3.8, 4) is 6.07 Å². The summed E-state index contributed by atoms with van der Waals surface area (Å²) in [6, 6.07) is 0.715. The maximum absolute atomic E-state index is 10.6. The second-order valence-corrected chi connectivity index (χ2v) is 1.53. The molecule has 0 atom stereocenters. The fourth-order valence-corrected chi connectivity index (χ4v) is 0.335. The molecular weight excluding hydrogens is 134 g/mol. The molecule has 0 fully saturated rings. The summed E-state index contributed by atoms with van der Waals surface area (Å²) in [4.78, 5) is 21.7. The van der Waals surface area contributed by atoms with E-state index in [9.17, 15) is 9.59 Å². The zero-order valence-electron chi connectivity index (χ0n) is 5.71. The van der Waals surface area contributed by atoms with E-state index in [0.29, 0.717) is 4.90 Å². The first kappa shape index (κ1) is 8.43. The monoisotopic (exact) mass is 141 g/mol. The summed E-state index contributed by atoms with van der Waals surface area (Å²) in [5.74, 6) is -0.876. The summed E-state index contributed by atoms with van der Waals surface area (Å²) in [6.45, 7) is 0. The maximum Gasteiger partial charge on any atom is 0.332 e. The predicted molar refractivity (Wildman–Crippen MR) is 32.8 cm³/mol. The minimum absolute atomic E-state index is 0.591. The molecule has 0 rings (SSSR count). The summed E-state index contributed by atoms with van der Waals surface area (Å²) in [7, 11) is 2.61. The van der Waals surface area contributed by atoms with Crippen molar-refractivity contribution in [1.29, 1.82) is 5.26 Å². The highest BCUT2D eigenvalue weighted by molar-refractivity contribution is 6.02. The molecule has 5 heteroatoms. The largest absolute Gasteiger partial charge is 0.341 e. The van der Waals surface area contributed by atoms with Crippen molar-refractivity contribution >= 4 is 11.9 Å². The van der Waals surface area contributed by atoms with Crippen LogP contribution in [0.2, 0.25) is 0 Å². The summed E-state index contributed by atoms with van der Waals surface area (Å²) < 4.78 is 0. The molecule has 0 aromatic carbocycles. The number of imide groups is 1. The Balaban J connectivity index is 4.11. The molecule has 0 aliphatic carbocycles. The van der Waals surface area contributed by atoms with Crippen LogP contribution in [0.5, 0.6) is 0 Å². The molecule has 5 nitrogen and oxygen atoms in total. The molecule has 54 valence electrons. The molecule has 0 aromatic heterocycles. The molecule has 0 bridgehead atoms. The van der Waals surface area contributed by atoms with Crippen LogP contribution in [0, 0.1) is 11.3 Å². The highest BCUT2D eigenvalue weighted by atomic mass is 16.2. The number of urea groups is 1. The van der Waals surface area contributed by atoms with Crippen LogP contribution >= 0.6 is 0 Å². The molecule has 0 heterocycles. The molecule has 1 N–H and O–H groups in total. The summed E-state index contributed by atoms with van der Waals surface area (Å²) in [5, 5.41) is 10.2. The Bertz CT molecular complexity index is 194. The molecule has 0 aliphatic rings. The third-order valence-corrected chi connectivity index (χ3v) is 0.919. The third-order valence-electron chi connectivity index (χ3n) is 0.919. The average Bonchev–Trinajstić information content (AvgIpc) is 2.00. The molecule has 0 spiro atoms. The van der Waals surface area contributed by atoms with Gasteiger partial charge in [-0.2, -0.15) is 5.26 Å². The smallest absolute Gasteiger partial charge is 0.332 e. The van der Waals surface area contributed by atoms with Crippen molar-refractivity contribution in [2.75, 3.05) is 14.1 Å². The Morgan fingerprint density at radius 3 is 2.40 bits per heavy atom. The molecule has 10 heavy (non-hydrogen) atoms. The Kier molecular flexibility index (Phi) is 2.91. The van der Waals surface area contributed by atoms with Gasteiger partial charge in [-0.1, -0.05) is 0 Å². The lowest BCUT2D eigenvalue weighted by atomic mass is 10.6. The minimum atomic E-state index is -0.876. The quantitative estimate of drug-likeness (QED) is 0.453. The molecule has 0 unspecified atom stereocenters. The number of carbonyl (C=O) groups is 2. The molecule has 0 saturated carbocycles. The number of hydrogen-bond donors (Lipinski definition) is 1. The van der Waals surface area contributed by atoms with Crippen LogP contribution in [-0.4, -0.2) is 30.9 Å². The number of rotatable bonds is 0. The predicted octanol–water partition coefficient (Wildman–Crippen LogP) is -0.692. The molecule has 0 saturated heterocycles. The van der Waals surface area contributed by atoms with Gasteiger partial charge >= 0.3 is 11.9 Å². The van der Waals surface area contributed by atoms with Crippen LogP contribution in [0.1, 0.15) is 0 Å². The van der Waals surface area contributed by atoms with Gasteiger partial charge in [0, 0.05) is 14.1 Å². The van der Waals surface area contributed by atoms with Crippen LogP contribution in [0.4, 0.5) is 4.79 Å². The van der Waals surface area contributed by atoms with E-state index in [0.717, 1.165) is 0 Å². The van der Waals surface area contributed by atoms with Crippen molar-refractivity contribution in [1.82, 2.24) is 10.2 Å². The minimum Gasteiger partial charge on any atom is -0.341 e. The Labute approximate surface area is 58.2 Å². The Morgan fingerprint density at radius 2 is 2.10 bits per heavy atom. The summed E-state index contributed by atoms with van der Waals surface area (Å²) >= 11 is 0. The van der Waals surface area contributed by atoms with Crippen LogP contribution in [0.3, 0.4) is 0 Å². The molecule has 0 radical (unpaired) electrons. The van der Waals surface area contributed by atoms with Crippen molar-refractivity contribution in [3.63, 3.8) is 0 Å². The van der Waals surface area contributed by atoms with E-state index in [-0.39, 0.29) is 0 Å². The number of nitrogens with one attached hydrogen (secondary N) is 1. The van der Waals surface area contributed by atoms with Crippen molar-refractivity contribution in [3.05, 3.63) is 0 Å². The first-order chi connectivity index (χ1) is 4.63. The van der Waals surface area contributed by atoms with E-state index >= 15 is 0 Å². The van der Waals surface area contributed by atoms with Gasteiger partial charge in [-0.05, 0) is 0 Å². The zero-order valence-corrected chi connectivity index (χ0v) is 5.71. The second kappa shape index (κ2) is 3.45. The highest BCUT2D eigenvalue weighted by Gasteiger charge is 2.12. The van der Waals surface area contributed by atoms with Crippen LogP contribution in [0.15, 0.2) is 0 Å². The first-order valence-corrected chi connectivity index (χ1v) is 2.53. The fraction of sp³-hybridized carbons (Fsp3) is 0.400. The average molecular weight is 141 g/mol. The first-order valence-electron chi connectivity index (χ1n) is 2.53. The normalized spacial score (nSPS) is 7.70. The van der Waals surface area contributed by atoms with Gasteiger partial charge in [-0.25, -0.2) is 4.79 Å². The maximum atomic E-state index is 10.6. The SMILES string of the molecule is CNC(=O)N(C)C(=O)C#N. The highest BCUT2D eigenvalue weighted by Crippen LogP contribution is 1.82. The van der Waals surface area contributed by atoms with Gasteiger partial charge in [0.1, 0.15) is 0 Å². The molecule has 3 amide bonds. The standard InChI is InChI=1S/C5H7N3O2/c1-7-5(10)8(2)4(9)3-6/h1-2H3,(H,7,10). The van der Waals surface area contributed by atoms with E-state index < -0.39 is 11.9 Å². The lowest BCUT2D eigenvalue weighted by molar-refractivity contribution is -0.121. The van der Waals surface area contributed by atoms with Gasteiger partial charge in [0.15, 0.2) is 6.07 Å². The van der Waals surface area contributed by atoms with E-state index in [4.69, 9.17) is 5.26 Å². The van der Waals surface area contributed by atoms with E-state index in [1.807, 2.05) is 0 Å². The van der Waals surface area contributed by atoms with Crippen molar-refractivity contribution < 1.29 is 9.59 Å². The van der Waals surface area contributed by atoms with Crippen molar-refractivity contribution in [2.24, 2.45) is 0 Å². The Morgan fingerprint density at radius 1 is 1.60 bits per heavy atom. The number of amides is 3. The Hall–Kier alpha value is -1.57. The van der Waals surface area contributed by atoms with Crippen LogP contribution < -0.4 is 5.32 Å². The topological polar surface area (TPSA) is 73.2 Å². The number of hydrogen-bond acceptors (Lipinski definition) is 3. The van der Waals surface area contributed by atoms with Crippen molar-refractivity contribution in [2.45, 2.75) is 0 Å². The van der Waals surface area contributed by atoms with Gasteiger partial charge in [0.2, 0.25) is 0 Å². The van der Waals surface area contributed by atoms with E-state index in [2.05, 4.69) is 5.32 Å². The van der Waals surface area contributed by atoms with Gasteiger partial charge in [-0.3, -0.25) is 9.69 Å².